The van der Waals surface area contributed by atoms with Gasteiger partial charge < -0.3 is 10.4 Å². The third-order valence-electron chi connectivity index (χ3n) is 6.24. The molecule has 0 aromatic heterocycles. The number of aliphatic imine (C=N–C) groups is 1. The molecule has 0 fully saturated rings. The Morgan fingerprint density at radius 2 is 1.74 bits per heavy atom. The molecular weight excluding hydrogens is 388 g/mol. The molecule has 0 saturated carbocycles. The average molecular weight is 417 g/mol. The van der Waals surface area contributed by atoms with E-state index in [9.17, 15) is 14.7 Å². The summed E-state index contributed by atoms with van der Waals surface area (Å²) < 4.78 is 0. The van der Waals surface area contributed by atoms with Crippen LogP contribution in [0.4, 0.5) is 5.69 Å². The first kappa shape index (κ1) is 21.0. The molecule has 2 aromatic carbocycles. The lowest BCUT2D eigenvalue weighted by Crippen LogP contribution is -2.41. The third-order valence-corrected chi connectivity index (χ3v) is 6.24. The molecule has 1 unspecified atom stereocenters. The van der Waals surface area contributed by atoms with Crippen LogP contribution in [-0.2, 0) is 9.59 Å². The van der Waals surface area contributed by atoms with E-state index in [0.29, 0.717) is 24.1 Å². The number of allylic oxidation sites excluding steroid dienone is 2. The number of amides is 1. The Hall–Kier alpha value is -3.21. The Kier molecular flexibility index (Phi) is 5.29. The standard InChI is InChI=1S/C26H28N2O3/c1-15-7-5-6-8-19(15)28-25(31)22-16(2)27-20-13-26(3,4)14-21(30)24(20)23(22)17-9-11-18(29)12-10-17/h5-12,22-23,29H,13-14H2,1-4H3,(H,28,31)/t22?,23-/m1/s1. The lowest BCUT2D eigenvalue weighted by atomic mass is 9.66. The second-order valence-corrected chi connectivity index (χ2v) is 9.41. The van der Waals surface area contributed by atoms with Crippen molar-refractivity contribution in [1.29, 1.82) is 0 Å². The molecule has 0 saturated heterocycles. The van der Waals surface area contributed by atoms with Crippen LogP contribution in [0.25, 0.3) is 0 Å². The normalized spacial score (nSPS) is 22.6. The predicted octanol–water partition coefficient (Wildman–Crippen LogP) is 5.16. The van der Waals surface area contributed by atoms with Gasteiger partial charge in [-0.2, -0.15) is 0 Å². The van der Waals surface area contributed by atoms with Crippen LogP contribution in [0.5, 0.6) is 5.75 Å². The highest BCUT2D eigenvalue weighted by Gasteiger charge is 2.45. The second kappa shape index (κ2) is 7.80. The van der Waals surface area contributed by atoms with Crippen LogP contribution in [0.1, 0.15) is 50.7 Å². The summed E-state index contributed by atoms with van der Waals surface area (Å²) in [5, 5.41) is 12.8. The molecule has 2 N–H and O–H groups in total. The van der Waals surface area contributed by atoms with E-state index in [1.165, 1.54) is 0 Å². The van der Waals surface area contributed by atoms with Crippen molar-refractivity contribution in [2.24, 2.45) is 16.3 Å². The number of nitrogens with one attached hydrogen (secondary N) is 1. The first-order valence-electron chi connectivity index (χ1n) is 10.6. The third kappa shape index (κ3) is 4.05. The Balaban J connectivity index is 1.80. The van der Waals surface area contributed by atoms with Crippen molar-refractivity contribution in [3.63, 3.8) is 0 Å². The number of hydrogen-bond donors (Lipinski definition) is 2. The van der Waals surface area contributed by atoms with Gasteiger partial charge in [-0.15, -0.1) is 0 Å². The van der Waals surface area contributed by atoms with Crippen LogP contribution in [0.2, 0.25) is 0 Å². The van der Waals surface area contributed by atoms with Gasteiger partial charge in [0.15, 0.2) is 5.78 Å². The van der Waals surface area contributed by atoms with Gasteiger partial charge in [0.2, 0.25) is 5.91 Å². The van der Waals surface area contributed by atoms with Crippen LogP contribution in [0.15, 0.2) is 64.8 Å². The number of hydrogen-bond acceptors (Lipinski definition) is 4. The van der Waals surface area contributed by atoms with Gasteiger partial charge in [-0.1, -0.05) is 44.2 Å². The lowest BCUT2D eigenvalue weighted by Gasteiger charge is -2.39. The van der Waals surface area contributed by atoms with E-state index in [0.717, 1.165) is 22.5 Å². The number of benzene rings is 2. The summed E-state index contributed by atoms with van der Waals surface area (Å²) in [7, 11) is 0. The molecule has 2 aromatic rings. The number of carbonyl (C=O) groups excluding carboxylic acids is 2. The number of ketones is 1. The number of nitrogens with zero attached hydrogens (tertiary/aromatic N) is 1. The second-order valence-electron chi connectivity index (χ2n) is 9.41. The Bertz CT molecular complexity index is 1110. The van der Waals surface area contributed by atoms with E-state index in [4.69, 9.17) is 4.99 Å². The Labute approximate surface area is 182 Å². The van der Waals surface area contributed by atoms with Gasteiger partial charge in [0.1, 0.15) is 5.75 Å². The van der Waals surface area contributed by atoms with Crippen molar-refractivity contribution in [1.82, 2.24) is 0 Å². The number of anilines is 1. The first-order chi connectivity index (χ1) is 14.7. The summed E-state index contributed by atoms with van der Waals surface area (Å²) in [6.07, 6.45) is 1.13. The van der Waals surface area contributed by atoms with Crippen molar-refractivity contribution < 1.29 is 14.7 Å². The van der Waals surface area contributed by atoms with E-state index in [-0.39, 0.29) is 22.9 Å². The van der Waals surface area contributed by atoms with Crippen LogP contribution < -0.4 is 5.32 Å². The van der Waals surface area contributed by atoms with E-state index in [1.807, 2.05) is 38.1 Å². The molecule has 0 spiro atoms. The molecule has 1 heterocycles. The van der Waals surface area contributed by atoms with Crippen molar-refractivity contribution in [3.8, 4) is 5.75 Å². The number of phenols is 1. The Morgan fingerprint density at radius 1 is 1.06 bits per heavy atom. The average Bonchev–Trinajstić information content (AvgIpc) is 2.68. The van der Waals surface area contributed by atoms with E-state index < -0.39 is 11.8 Å². The number of aromatic hydroxyl groups is 1. The molecule has 0 bridgehead atoms. The maximum Gasteiger partial charge on any atom is 0.234 e. The molecule has 4 rings (SSSR count). The zero-order valence-electron chi connectivity index (χ0n) is 18.4. The van der Waals surface area contributed by atoms with Crippen LogP contribution in [0.3, 0.4) is 0 Å². The molecule has 1 aliphatic carbocycles. The van der Waals surface area contributed by atoms with Gasteiger partial charge in [-0.05, 0) is 55.0 Å². The molecule has 0 radical (unpaired) electrons. The lowest BCUT2D eigenvalue weighted by molar-refractivity contribution is -0.119. The summed E-state index contributed by atoms with van der Waals surface area (Å²) in [5.74, 6) is -1.02. The van der Waals surface area contributed by atoms with Crippen LogP contribution in [0, 0.1) is 18.3 Å². The number of rotatable bonds is 3. The van der Waals surface area contributed by atoms with Gasteiger partial charge in [0, 0.05) is 35.0 Å². The van der Waals surface area contributed by atoms with E-state index in [1.54, 1.807) is 24.3 Å². The highest BCUT2D eigenvalue weighted by molar-refractivity contribution is 6.13. The number of aryl methyl sites for hydroxylation is 1. The number of para-hydroxylation sites is 1. The molecule has 31 heavy (non-hydrogen) atoms. The minimum atomic E-state index is -0.604. The summed E-state index contributed by atoms with van der Waals surface area (Å²) in [6.45, 7) is 7.96. The maximum atomic E-state index is 13.5. The van der Waals surface area contributed by atoms with E-state index in [2.05, 4.69) is 19.2 Å². The minimum Gasteiger partial charge on any atom is -0.508 e. The van der Waals surface area contributed by atoms with Gasteiger partial charge in [0.25, 0.3) is 0 Å². The highest BCUT2D eigenvalue weighted by Crippen LogP contribution is 2.48. The van der Waals surface area contributed by atoms with Crippen LogP contribution >= 0.6 is 0 Å². The fraction of sp³-hybridized carbons (Fsp3) is 0.346. The smallest absolute Gasteiger partial charge is 0.234 e. The first-order valence-corrected chi connectivity index (χ1v) is 10.6. The molecule has 5 heteroatoms. The summed E-state index contributed by atoms with van der Waals surface area (Å²) in [4.78, 5) is 31.6. The quantitative estimate of drug-likeness (QED) is 0.726. The molecule has 1 aliphatic heterocycles. The number of carbonyl (C=O) groups is 2. The zero-order chi connectivity index (χ0) is 22.3. The monoisotopic (exact) mass is 416 g/mol. The fourth-order valence-electron chi connectivity index (χ4n) is 4.75. The highest BCUT2D eigenvalue weighted by atomic mass is 16.3. The van der Waals surface area contributed by atoms with Gasteiger partial charge >= 0.3 is 0 Å². The summed E-state index contributed by atoms with van der Waals surface area (Å²) in [6, 6.07) is 14.4. The molecule has 1 amide bonds. The topological polar surface area (TPSA) is 78.8 Å². The maximum absolute atomic E-state index is 13.5. The fourth-order valence-corrected chi connectivity index (χ4v) is 4.75. The largest absolute Gasteiger partial charge is 0.508 e. The van der Waals surface area contributed by atoms with E-state index >= 15 is 0 Å². The number of phenolic OH excluding ortho intramolecular Hbond substituents is 1. The Morgan fingerprint density at radius 3 is 2.42 bits per heavy atom. The summed E-state index contributed by atoms with van der Waals surface area (Å²) >= 11 is 0. The SMILES string of the molecule is CC1=NC2=C(C(=O)CC(C)(C)C2)[C@H](c2ccc(O)cc2)C1C(=O)Nc1ccccc1C. The summed E-state index contributed by atoms with van der Waals surface area (Å²) in [5.41, 5.74) is 4.52. The van der Waals surface area contributed by atoms with Crippen LogP contribution in [-0.4, -0.2) is 22.5 Å². The van der Waals surface area contributed by atoms with Gasteiger partial charge in [0.05, 0.1) is 5.92 Å². The molecule has 2 aliphatic rings. The van der Waals surface area contributed by atoms with Crippen molar-refractivity contribution in [2.45, 2.75) is 46.5 Å². The number of Topliss-reactive ketones (excluding diaryl/α,β-unsaturated/α-hetero) is 1. The van der Waals surface area contributed by atoms with Crippen molar-refractivity contribution in [2.75, 3.05) is 5.32 Å². The van der Waals surface area contributed by atoms with Crippen molar-refractivity contribution in [3.05, 3.63) is 70.9 Å². The predicted molar refractivity (Wildman–Crippen MR) is 122 cm³/mol. The molecular formula is C26H28N2O3. The zero-order valence-corrected chi connectivity index (χ0v) is 18.4. The van der Waals surface area contributed by atoms with Gasteiger partial charge in [-0.25, -0.2) is 0 Å². The minimum absolute atomic E-state index is 0.0502. The molecule has 5 nitrogen and oxygen atoms in total. The van der Waals surface area contributed by atoms with Gasteiger partial charge in [-0.3, -0.25) is 14.6 Å². The molecule has 2 atom stereocenters. The van der Waals surface area contributed by atoms with Crippen molar-refractivity contribution >= 4 is 23.1 Å². The molecule has 160 valence electrons.